The van der Waals surface area contributed by atoms with E-state index in [-0.39, 0.29) is 71.1 Å². The quantitative estimate of drug-likeness (QED) is 0.0134. The van der Waals surface area contributed by atoms with Crippen LogP contribution in [0.3, 0.4) is 0 Å². The molecule has 759 valence electrons. The molecule has 0 spiro atoms. The van der Waals surface area contributed by atoms with E-state index in [4.69, 9.17) is 19.9 Å². The Kier molecular flexibility index (Phi) is 35.6. The molecule has 22 nitrogen and oxygen atoms in total. The van der Waals surface area contributed by atoms with Gasteiger partial charge in [-0.05, 0) is 145 Å². The van der Waals surface area contributed by atoms with Crippen molar-refractivity contribution >= 4 is 51.7 Å². The van der Waals surface area contributed by atoms with Crippen LogP contribution in [0.15, 0.2) is 311 Å². The number of aliphatic carboxylic acids is 1. The van der Waals surface area contributed by atoms with Crippen molar-refractivity contribution in [3.05, 3.63) is 368 Å². The molecule has 4 aliphatic carbocycles. The molecule has 20 rings (SSSR count). The predicted octanol–water partition coefficient (Wildman–Crippen LogP) is 20.9. The number of Topliss-reactive ketones (excluding diaryl/α,β-unsaturated/α-hetero) is 2. The van der Waals surface area contributed by atoms with E-state index in [0.717, 1.165) is 95.1 Å². The van der Waals surface area contributed by atoms with E-state index in [1.165, 1.54) is 6.08 Å². The molecule has 3 unspecified atom stereocenters. The van der Waals surface area contributed by atoms with E-state index in [0.29, 0.717) is 39.6 Å². The van der Waals surface area contributed by atoms with Gasteiger partial charge in [0.25, 0.3) is 5.97 Å². The molecule has 147 heavy (non-hydrogen) atoms. The molecule has 6 aliphatic rings. The zero-order valence-electron chi connectivity index (χ0n) is 81.9. The van der Waals surface area contributed by atoms with Crippen LogP contribution >= 0.6 is 7.60 Å². The number of pyridine rings is 4. The van der Waals surface area contributed by atoms with Gasteiger partial charge in [0.05, 0.1) is 95.7 Å². The van der Waals surface area contributed by atoms with E-state index in [1.807, 2.05) is 132 Å². The maximum Gasteiger partial charge on any atom is 1.00 e. The number of aliphatic hydroxyl groups excluding tert-OH is 1. The first-order chi connectivity index (χ1) is 69.3. The summed E-state index contributed by atoms with van der Waals surface area (Å²) < 4.78 is 194. The largest absolute Gasteiger partial charge is 1.00 e. The number of hydrogen-bond donors (Lipinski definition) is 2. The second kappa shape index (κ2) is 47.0. The maximum atomic E-state index is 15.3. The van der Waals surface area contributed by atoms with Crippen molar-refractivity contribution in [3.8, 4) is 45.0 Å². The average molecular weight is 2050 g/mol. The molecule has 0 amide bonds. The Morgan fingerprint density at radius 1 is 0.429 bits per heavy atom. The van der Waals surface area contributed by atoms with Crippen molar-refractivity contribution in [1.29, 1.82) is 0 Å². The molecule has 4 saturated carbocycles. The summed E-state index contributed by atoms with van der Waals surface area (Å²) in [5.41, 5.74) is 4.71. The Balaban J connectivity index is 0.000000167. The van der Waals surface area contributed by atoms with Gasteiger partial charge in [0.15, 0.2) is 40.6 Å². The first-order valence-corrected chi connectivity index (χ1v) is 48.9. The van der Waals surface area contributed by atoms with Crippen molar-refractivity contribution in [2.24, 2.45) is 0 Å². The van der Waals surface area contributed by atoms with E-state index in [2.05, 4.69) is 157 Å². The molecule has 0 bridgehead atoms. The molecule has 0 saturated heterocycles. The molecule has 2 N–H and O–H groups in total. The molecule has 3 atom stereocenters. The third kappa shape index (κ3) is 24.9. The number of hydrogen-bond acceptors (Lipinski definition) is 17. The minimum atomic E-state index is -3.66. The SMILES string of the molecule is CC(=O)O.COP(=O)(CC(=O)C1(F)CCC(F)(F)CC1)OC.O=C(/C=C/c1ncccc1-c1cn(C(c2ccccc2)(c2ccccc2)c2ccccc2)cn1)C1(F)CCC(F)(F)CC1.O=C(CC1c2ncccc2-c2cncn21)C1(F)CCC(F)(F)CC1.O=Cc1ncccc1-c1cn(C(c2ccccc2)(c2ccccc2)c2ccccc2)cn1.OC(CC1c2ncccc2-c2cncn21)C1(F)CCC(F)(F)CC1.[B].[H-].[Na+]. The van der Waals surface area contributed by atoms with E-state index >= 15 is 8.78 Å². The van der Waals surface area contributed by atoms with Gasteiger partial charge in [0.2, 0.25) is 23.7 Å². The number of ketones is 3. The minimum absolute atomic E-state index is 0. The molecule has 2 aliphatic heterocycles. The Labute approximate surface area is 867 Å². The molecular weight excluding hydrogens is 1940 g/mol. The van der Waals surface area contributed by atoms with Gasteiger partial charge in [-0.2, -0.15) is 0 Å². The van der Waals surface area contributed by atoms with Crippen molar-refractivity contribution < 1.29 is 131 Å². The number of carboxylic acids is 1. The number of benzene rings is 6. The zero-order chi connectivity index (χ0) is 103. The number of nitrogens with zero attached hydrogens (tertiary/aromatic N) is 12. The normalized spacial score (nSPS) is 18.1. The van der Waals surface area contributed by atoms with Crippen molar-refractivity contribution in [2.75, 3.05) is 20.4 Å². The van der Waals surface area contributed by atoms with Crippen LogP contribution in [0.2, 0.25) is 0 Å². The number of carbonyl (C=O) groups excluding carboxylic acids is 4. The number of allylic oxidation sites excluding steroid dienone is 1. The van der Waals surface area contributed by atoms with Gasteiger partial charge in [0.1, 0.15) is 28.6 Å². The number of aliphatic hydroxyl groups is 1. The fourth-order valence-corrected chi connectivity index (χ4v) is 20.6. The number of rotatable bonds is 25. The van der Waals surface area contributed by atoms with E-state index in [1.54, 1.807) is 72.9 Å². The fraction of sp³-hybridized carbons (Fsp3) is 0.318. The third-order valence-corrected chi connectivity index (χ3v) is 29.4. The van der Waals surface area contributed by atoms with Crippen LogP contribution in [0.4, 0.5) is 52.7 Å². The van der Waals surface area contributed by atoms with Crippen LogP contribution in [0, 0.1) is 0 Å². The van der Waals surface area contributed by atoms with Crippen molar-refractivity contribution in [3.63, 3.8) is 0 Å². The number of halogens is 12. The van der Waals surface area contributed by atoms with Crippen LogP contribution < -0.4 is 29.6 Å². The summed E-state index contributed by atoms with van der Waals surface area (Å²) >= 11 is 0. The fourth-order valence-electron chi connectivity index (χ4n) is 19.6. The topological polar surface area (TPSA) is 284 Å². The number of imidazole rings is 4. The number of carbonyl (C=O) groups is 5. The van der Waals surface area contributed by atoms with Crippen molar-refractivity contribution in [2.45, 2.75) is 198 Å². The number of alkyl halides is 12. The smallest absolute Gasteiger partial charge is 1.00 e. The summed E-state index contributed by atoms with van der Waals surface area (Å²) in [5, 5.41) is 17.9. The molecule has 8 aromatic heterocycles. The minimum Gasteiger partial charge on any atom is -1.00 e. The van der Waals surface area contributed by atoms with Gasteiger partial charge in [-0.15, -0.1) is 0 Å². The first kappa shape index (κ1) is 111. The number of aromatic nitrogens is 12. The third-order valence-electron chi connectivity index (χ3n) is 27.6. The number of fused-ring (bicyclic) bond motifs is 6. The molecule has 14 aromatic rings. The van der Waals surface area contributed by atoms with E-state index < -0.39 is 197 Å². The number of carboxylic acid groups (broad SMARTS) is 1. The second-order valence-corrected chi connectivity index (χ2v) is 39.0. The average Bonchev–Trinajstić information content (AvgIpc) is 1.45. The Morgan fingerprint density at radius 2 is 0.741 bits per heavy atom. The molecular formula is C110H106BF12N12NaO10P. The molecule has 4 fully saturated rings. The van der Waals surface area contributed by atoms with Gasteiger partial charge in [-0.3, -0.25) is 48.5 Å². The molecule has 3 radical (unpaired) electrons. The summed E-state index contributed by atoms with van der Waals surface area (Å²) in [6.07, 6.45) is 13.5. The van der Waals surface area contributed by atoms with Gasteiger partial charge in [-0.25, -0.2) is 72.6 Å². The Morgan fingerprint density at radius 3 is 1.10 bits per heavy atom. The summed E-state index contributed by atoms with van der Waals surface area (Å²) in [6, 6.07) is 75.8. The summed E-state index contributed by atoms with van der Waals surface area (Å²) in [5.74, 6) is -14.8. The van der Waals surface area contributed by atoms with Gasteiger partial charge >= 0.3 is 37.2 Å². The Hall–Kier alpha value is -13.0. The standard InChI is InChI=1S/C36H30F3N3O.C28H21N3O.C17H18F3N3O.C17H16F3N3O.C10H16F3O4P.C2H4O2.B.Na.H/c37-34(20-22-35(38,39)23-21-34)33(43)19-18-31-30(17-10-24-40-31)32-25-42(26-41-32)36(27-11-4-1-5-12-27,28-13-6-2-7-14-28)29-15-8-3-9-16-29;32-20-27-25(17-10-18-29-27)26-19-31(21-30-26)28(22-11-4-1-5-12-22,23-13-6-2-7-14-23)24-15-8-3-9-16-24;2*18-16(3-5-17(19,20)6-4-16)14(24)8-12-15-11(2-1-7-22-15)13-9-21-10-23(12)13;1-16-18(15,17-2)7-8(14)9(11)3-5-10(12,13)6-4-9;1-2(3)4;;;/h1-19,24-26H,20-23H2;1-21H;1-2,7,9-10,12,14,24H,3-6,8H2;1-2,7,9-10,12H,3-6,8H2;3-7H2,1-2H3;1H3,(H,3,4);;;/q;;;;;;;+1;-1/b19-18+;;;;;;;;. The van der Waals surface area contributed by atoms with Crippen LogP contribution in [0.1, 0.15) is 197 Å². The van der Waals surface area contributed by atoms with Crippen molar-refractivity contribution in [1.82, 2.24) is 58.1 Å². The van der Waals surface area contributed by atoms with Crippen LogP contribution in [-0.4, -0.2) is 179 Å². The molecule has 6 aromatic carbocycles. The van der Waals surface area contributed by atoms with Crippen LogP contribution in [-0.2, 0) is 43.9 Å². The predicted molar refractivity (Wildman–Crippen MR) is 528 cm³/mol. The molecule has 37 heteroatoms. The molecule has 10 heterocycles. The van der Waals surface area contributed by atoms with Crippen LogP contribution in [0.25, 0.3) is 51.1 Å². The summed E-state index contributed by atoms with van der Waals surface area (Å²) in [7, 11) is -1.49. The van der Waals surface area contributed by atoms with E-state index in [9.17, 15) is 72.8 Å². The maximum absolute atomic E-state index is 15.3. The van der Waals surface area contributed by atoms with Crippen LogP contribution in [0.5, 0.6) is 0 Å². The van der Waals surface area contributed by atoms with Gasteiger partial charge < -0.3 is 39.0 Å². The Bertz CT molecular complexity index is 6680. The second-order valence-electron chi connectivity index (χ2n) is 36.7. The number of aldehydes is 1. The van der Waals surface area contributed by atoms with Gasteiger partial charge in [0, 0.05) is 153 Å². The first-order valence-electron chi connectivity index (χ1n) is 47.2. The van der Waals surface area contributed by atoms with Gasteiger partial charge in [-0.1, -0.05) is 182 Å². The zero-order valence-corrected chi connectivity index (χ0v) is 83.7. The summed E-state index contributed by atoms with van der Waals surface area (Å²) in [4.78, 5) is 92.6. The monoisotopic (exact) mass is 2050 g/mol. The summed E-state index contributed by atoms with van der Waals surface area (Å²) in [6.45, 7) is 1.08.